The van der Waals surface area contributed by atoms with Crippen LogP contribution < -0.4 is 0 Å². The number of unbranched alkanes of at least 4 members (excludes halogenated alkanes) is 1. The lowest BCUT2D eigenvalue weighted by Crippen LogP contribution is -1.83. The first-order valence-corrected chi connectivity index (χ1v) is 6.56. The second kappa shape index (κ2) is 11.4. The summed E-state index contributed by atoms with van der Waals surface area (Å²) in [6.07, 6.45) is 16.9. The lowest BCUT2D eigenvalue weighted by atomic mass is 10.1. The Kier molecular flexibility index (Phi) is 10.7. The van der Waals surface area contributed by atoms with Gasteiger partial charge in [0.05, 0.1) is 6.61 Å². The van der Waals surface area contributed by atoms with Gasteiger partial charge in [0.15, 0.2) is 0 Å². The third-order valence-corrected chi connectivity index (χ3v) is 2.46. The quantitative estimate of drug-likeness (QED) is 0.610. The summed E-state index contributed by atoms with van der Waals surface area (Å²) >= 11 is 0. The van der Waals surface area contributed by atoms with E-state index in [1.807, 2.05) is 6.08 Å². The number of hydrogen-bond acceptors (Lipinski definition) is 1. The topological polar surface area (TPSA) is 20.2 Å². The molecule has 0 amide bonds. The molecule has 0 spiro atoms. The predicted molar refractivity (Wildman–Crippen MR) is 77.0 cm³/mol. The van der Waals surface area contributed by atoms with E-state index in [2.05, 4.69) is 51.2 Å². The molecule has 0 saturated heterocycles. The van der Waals surface area contributed by atoms with E-state index >= 15 is 0 Å². The van der Waals surface area contributed by atoms with Crippen molar-refractivity contribution in [1.82, 2.24) is 0 Å². The van der Waals surface area contributed by atoms with Crippen molar-refractivity contribution in [2.75, 3.05) is 6.61 Å². The minimum absolute atomic E-state index is 0.127. The number of hydrogen-bond donors (Lipinski definition) is 1. The molecule has 17 heavy (non-hydrogen) atoms. The molecule has 0 aromatic rings. The first kappa shape index (κ1) is 15.9. The summed E-state index contributed by atoms with van der Waals surface area (Å²) in [5.74, 6) is 0. The highest BCUT2D eigenvalue weighted by Crippen LogP contribution is 2.09. The van der Waals surface area contributed by atoms with Crippen LogP contribution in [0.3, 0.4) is 0 Å². The van der Waals surface area contributed by atoms with Crippen molar-refractivity contribution in [1.29, 1.82) is 0 Å². The Morgan fingerprint density at radius 1 is 1.18 bits per heavy atom. The molecule has 0 fully saturated rings. The Morgan fingerprint density at radius 3 is 2.53 bits per heavy atom. The van der Waals surface area contributed by atoms with Crippen LogP contribution in [-0.2, 0) is 0 Å². The molecule has 0 aromatic heterocycles. The van der Waals surface area contributed by atoms with Crippen LogP contribution in [0.5, 0.6) is 0 Å². The molecule has 96 valence electrons. The zero-order valence-electron chi connectivity index (χ0n) is 11.4. The summed E-state index contributed by atoms with van der Waals surface area (Å²) < 4.78 is 0. The first-order chi connectivity index (χ1) is 8.24. The molecular weight excluding hydrogens is 208 g/mol. The summed E-state index contributed by atoms with van der Waals surface area (Å²) in [6, 6.07) is 0. The third-order valence-electron chi connectivity index (χ3n) is 2.46. The highest BCUT2D eigenvalue weighted by atomic mass is 16.2. The van der Waals surface area contributed by atoms with Gasteiger partial charge < -0.3 is 5.11 Å². The zero-order chi connectivity index (χ0) is 12.9. The molecule has 0 unspecified atom stereocenters. The molecule has 0 saturated carbocycles. The standard InChI is InChI=1S/C16H26O/c1-4-6-9-15(3)10-8-12-16(13-14-17)11-7-5-2/h6,8-10,12-13,17H,4-5,7,11,14H2,1-3H3. The smallest absolute Gasteiger partial charge is 0.0618 e. The van der Waals surface area contributed by atoms with E-state index in [1.165, 1.54) is 24.0 Å². The van der Waals surface area contributed by atoms with Gasteiger partial charge in [-0.15, -0.1) is 0 Å². The molecule has 0 rings (SSSR count). The SMILES string of the molecule is CCC=CC(C)=CC=CC(=CCO)CCCC. The molecule has 0 radical (unpaired) electrons. The highest BCUT2D eigenvalue weighted by molar-refractivity contribution is 5.27. The lowest BCUT2D eigenvalue weighted by molar-refractivity contribution is 0.341. The summed E-state index contributed by atoms with van der Waals surface area (Å²) in [5.41, 5.74) is 2.47. The average molecular weight is 234 g/mol. The van der Waals surface area contributed by atoms with Gasteiger partial charge in [0.1, 0.15) is 0 Å². The van der Waals surface area contributed by atoms with Crippen LogP contribution in [0.1, 0.15) is 46.5 Å². The van der Waals surface area contributed by atoms with Crippen molar-refractivity contribution in [3.8, 4) is 0 Å². The van der Waals surface area contributed by atoms with Crippen LogP contribution in [0.15, 0.2) is 47.6 Å². The third kappa shape index (κ3) is 9.83. The van der Waals surface area contributed by atoms with Gasteiger partial charge in [-0.1, -0.05) is 62.3 Å². The second-order valence-electron chi connectivity index (χ2n) is 4.15. The largest absolute Gasteiger partial charge is 0.392 e. The van der Waals surface area contributed by atoms with E-state index in [1.54, 1.807) is 0 Å². The molecule has 0 bridgehead atoms. The number of allylic oxidation sites excluding steroid dienone is 7. The summed E-state index contributed by atoms with van der Waals surface area (Å²) in [7, 11) is 0. The molecule has 1 nitrogen and oxygen atoms in total. The van der Waals surface area contributed by atoms with Crippen molar-refractivity contribution < 1.29 is 5.11 Å². The molecule has 0 atom stereocenters. The lowest BCUT2D eigenvalue weighted by Gasteiger charge is -1.99. The van der Waals surface area contributed by atoms with Gasteiger partial charge in [0.2, 0.25) is 0 Å². The Hall–Kier alpha value is -1.08. The van der Waals surface area contributed by atoms with E-state index in [0.717, 1.165) is 12.8 Å². The van der Waals surface area contributed by atoms with Gasteiger partial charge in [-0.3, -0.25) is 0 Å². The van der Waals surface area contributed by atoms with E-state index in [0.29, 0.717) is 0 Å². The molecule has 1 N–H and O–H groups in total. The van der Waals surface area contributed by atoms with Gasteiger partial charge in [-0.05, 0) is 31.8 Å². The highest BCUT2D eigenvalue weighted by Gasteiger charge is 1.90. The molecule has 0 aromatic carbocycles. The molecule has 0 aliphatic carbocycles. The summed E-state index contributed by atoms with van der Waals surface area (Å²) in [6.45, 7) is 6.53. The molecule has 0 aliphatic heterocycles. The Morgan fingerprint density at radius 2 is 1.94 bits per heavy atom. The molecule has 0 heterocycles. The fourth-order valence-corrected chi connectivity index (χ4v) is 1.43. The van der Waals surface area contributed by atoms with E-state index in [9.17, 15) is 0 Å². The number of aliphatic hydroxyl groups is 1. The second-order valence-corrected chi connectivity index (χ2v) is 4.15. The fraction of sp³-hybridized carbons (Fsp3) is 0.500. The minimum atomic E-state index is 0.127. The number of rotatable bonds is 8. The Balaban J connectivity index is 4.34. The van der Waals surface area contributed by atoms with Crippen molar-refractivity contribution in [2.24, 2.45) is 0 Å². The zero-order valence-corrected chi connectivity index (χ0v) is 11.4. The maximum atomic E-state index is 8.92. The normalized spacial score (nSPS) is 14.1. The van der Waals surface area contributed by atoms with Crippen LogP contribution in [0, 0.1) is 0 Å². The van der Waals surface area contributed by atoms with Gasteiger partial charge in [-0.25, -0.2) is 0 Å². The fourth-order valence-electron chi connectivity index (χ4n) is 1.43. The summed E-state index contributed by atoms with van der Waals surface area (Å²) in [5, 5.41) is 8.92. The first-order valence-electron chi connectivity index (χ1n) is 6.56. The van der Waals surface area contributed by atoms with Crippen molar-refractivity contribution in [3.63, 3.8) is 0 Å². The van der Waals surface area contributed by atoms with Crippen LogP contribution >= 0.6 is 0 Å². The minimum Gasteiger partial charge on any atom is -0.392 e. The molecule has 0 aliphatic rings. The van der Waals surface area contributed by atoms with Gasteiger partial charge in [0, 0.05) is 0 Å². The van der Waals surface area contributed by atoms with Crippen LogP contribution in [0.2, 0.25) is 0 Å². The van der Waals surface area contributed by atoms with Crippen LogP contribution in [-0.4, -0.2) is 11.7 Å². The van der Waals surface area contributed by atoms with E-state index < -0.39 is 0 Å². The van der Waals surface area contributed by atoms with E-state index in [-0.39, 0.29) is 6.61 Å². The Labute approximate surface area is 106 Å². The van der Waals surface area contributed by atoms with Crippen molar-refractivity contribution in [2.45, 2.75) is 46.5 Å². The van der Waals surface area contributed by atoms with Crippen LogP contribution in [0.4, 0.5) is 0 Å². The maximum Gasteiger partial charge on any atom is 0.0618 e. The predicted octanol–water partition coefficient (Wildman–Crippen LogP) is 4.56. The van der Waals surface area contributed by atoms with Gasteiger partial charge in [0.25, 0.3) is 0 Å². The van der Waals surface area contributed by atoms with E-state index in [4.69, 9.17) is 5.11 Å². The van der Waals surface area contributed by atoms with Gasteiger partial charge >= 0.3 is 0 Å². The van der Waals surface area contributed by atoms with Crippen molar-refractivity contribution in [3.05, 3.63) is 47.6 Å². The molecule has 1 heteroatoms. The Bertz CT molecular complexity index is 293. The monoisotopic (exact) mass is 234 g/mol. The van der Waals surface area contributed by atoms with Crippen molar-refractivity contribution >= 4 is 0 Å². The summed E-state index contributed by atoms with van der Waals surface area (Å²) in [4.78, 5) is 0. The maximum absolute atomic E-state index is 8.92. The average Bonchev–Trinajstić information content (AvgIpc) is 2.33. The van der Waals surface area contributed by atoms with Crippen LogP contribution in [0.25, 0.3) is 0 Å². The van der Waals surface area contributed by atoms with Gasteiger partial charge in [-0.2, -0.15) is 0 Å². The number of aliphatic hydroxyl groups excluding tert-OH is 1. The molecular formula is C16H26O.